The van der Waals surface area contributed by atoms with Crippen molar-refractivity contribution >= 4 is 46.9 Å². The van der Waals surface area contributed by atoms with E-state index in [4.69, 9.17) is 32.7 Å². The summed E-state index contributed by atoms with van der Waals surface area (Å²) in [5.41, 5.74) is 0. The van der Waals surface area contributed by atoms with Gasteiger partial charge in [-0.15, -0.1) is 11.8 Å². The van der Waals surface area contributed by atoms with Crippen molar-refractivity contribution in [2.75, 3.05) is 13.2 Å². The topological polar surface area (TPSA) is 52.6 Å². The smallest absolute Gasteiger partial charge is 0.320 e. The molecular formula is C20H28Cl2O4S. The first kappa shape index (κ1) is 24.1. The second kappa shape index (κ2) is 12.5. The van der Waals surface area contributed by atoms with E-state index in [2.05, 4.69) is 27.7 Å². The predicted molar refractivity (Wildman–Crippen MR) is 112 cm³/mol. The number of carbonyl (C=O) groups excluding carboxylic acids is 2. The molecule has 1 rings (SSSR count). The first-order chi connectivity index (χ1) is 12.7. The summed E-state index contributed by atoms with van der Waals surface area (Å²) in [5, 5.41) is 0.0995. The van der Waals surface area contributed by atoms with E-state index in [1.807, 2.05) is 0 Å². The van der Waals surface area contributed by atoms with Gasteiger partial charge in [0.2, 0.25) is 0 Å². The van der Waals surface area contributed by atoms with Gasteiger partial charge in [-0.1, -0.05) is 57.0 Å². The first-order valence-electron chi connectivity index (χ1n) is 9.13. The molecule has 4 nitrogen and oxygen atoms in total. The van der Waals surface area contributed by atoms with Crippen LogP contribution in [0.15, 0.2) is 23.1 Å². The highest BCUT2D eigenvalue weighted by Gasteiger charge is 2.27. The Balaban J connectivity index is 2.79. The van der Waals surface area contributed by atoms with E-state index in [1.54, 1.807) is 18.2 Å². The third-order valence-corrected chi connectivity index (χ3v) is 5.86. The van der Waals surface area contributed by atoms with Crippen molar-refractivity contribution in [1.29, 1.82) is 0 Å². The Morgan fingerprint density at radius 2 is 1.48 bits per heavy atom. The van der Waals surface area contributed by atoms with Crippen LogP contribution in [0.1, 0.15) is 47.0 Å². The zero-order chi connectivity index (χ0) is 20.4. The highest BCUT2D eigenvalue weighted by atomic mass is 35.5. The van der Waals surface area contributed by atoms with Gasteiger partial charge >= 0.3 is 11.9 Å². The van der Waals surface area contributed by atoms with Crippen LogP contribution in [-0.2, 0) is 19.1 Å². The standard InChI is InChI=1S/C20H28Cl2O4S/c1-13(2)8-10-25-18(23)12-17(20(24)26-11-9-14(3)4)27-19-15(21)6-5-7-16(19)22/h5-7,13-14,17H,8-12H2,1-4H3. The van der Waals surface area contributed by atoms with Gasteiger partial charge in [0.15, 0.2) is 0 Å². The summed E-state index contributed by atoms with van der Waals surface area (Å²) in [6.45, 7) is 8.86. The summed E-state index contributed by atoms with van der Waals surface area (Å²) in [6, 6.07) is 5.11. The fraction of sp³-hybridized carbons (Fsp3) is 0.600. The van der Waals surface area contributed by atoms with Crippen molar-refractivity contribution in [1.82, 2.24) is 0 Å². The lowest BCUT2D eigenvalue weighted by molar-refractivity contribution is -0.150. The van der Waals surface area contributed by atoms with Crippen LogP contribution in [-0.4, -0.2) is 30.4 Å². The molecular weight excluding hydrogens is 407 g/mol. The fourth-order valence-electron chi connectivity index (χ4n) is 2.02. The molecule has 0 aliphatic carbocycles. The lowest BCUT2D eigenvalue weighted by Crippen LogP contribution is -2.25. The minimum absolute atomic E-state index is 0.0924. The average molecular weight is 435 g/mol. The van der Waals surface area contributed by atoms with E-state index in [0.29, 0.717) is 40.0 Å². The molecule has 1 unspecified atom stereocenters. The Hall–Kier alpha value is -0.910. The number of esters is 2. The Morgan fingerprint density at radius 1 is 0.963 bits per heavy atom. The first-order valence-corrected chi connectivity index (χ1v) is 10.8. The maximum absolute atomic E-state index is 12.5. The Morgan fingerprint density at radius 3 is 2.00 bits per heavy atom. The maximum atomic E-state index is 12.5. The summed E-state index contributed by atoms with van der Waals surface area (Å²) in [5.74, 6) is -0.0385. The Kier molecular flexibility index (Phi) is 11.2. The van der Waals surface area contributed by atoms with E-state index >= 15 is 0 Å². The molecule has 0 radical (unpaired) electrons. The number of halogens is 2. The van der Waals surface area contributed by atoms with Crippen molar-refractivity contribution in [2.24, 2.45) is 11.8 Å². The molecule has 0 N–H and O–H groups in total. The van der Waals surface area contributed by atoms with Crippen LogP contribution in [0.4, 0.5) is 0 Å². The van der Waals surface area contributed by atoms with E-state index in [1.165, 1.54) is 0 Å². The van der Waals surface area contributed by atoms with Gasteiger partial charge in [0.25, 0.3) is 0 Å². The van der Waals surface area contributed by atoms with Crippen molar-refractivity contribution < 1.29 is 19.1 Å². The lowest BCUT2D eigenvalue weighted by atomic mass is 10.1. The van der Waals surface area contributed by atoms with E-state index in [0.717, 1.165) is 24.6 Å². The predicted octanol–water partition coefficient (Wildman–Crippen LogP) is 6.02. The average Bonchev–Trinajstić information content (AvgIpc) is 2.56. The van der Waals surface area contributed by atoms with E-state index < -0.39 is 17.2 Å². The monoisotopic (exact) mass is 434 g/mol. The third kappa shape index (κ3) is 9.72. The van der Waals surface area contributed by atoms with Gasteiger partial charge < -0.3 is 9.47 Å². The molecule has 0 amide bonds. The second-order valence-electron chi connectivity index (χ2n) is 7.11. The zero-order valence-electron chi connectivity index (χ0n) is 16.3. The van der Waals surface area contributed by atoms with Gasteiger partial charge in [-0.3, -0.25) is 9.59 Å². The van der Waals surface area contributed by atoms with Gasteiger partial charge in [0.1, 0.15) is 5.25 Å². The van der Waals surface area contributed by atoms with Crippen molar-refractivity contribution in [3.8, 4) is 0 Å². The number of thioether (sulfide) groups is 1. The minimum atomic E-state index is -0.763. The van der Waals surface area contributed by atoms with Gasteiger partial charge in [-0.25, -0.2) is 0 Å². The van der Waals surface area contributed by atoms with Crippen LogP contribution < -0.4 is 0 Å². The Labute approximate surface area is 176 Å². The SMILES string of the molecule is CC(C)CCOC(=O)CC(Sc1c(Cl)cccc1Cl)C(=O)OCCC(C)C. The molecule has 1 aromatic carbocycles. The molecule has 0 saturated carbocycles. The summed E-state index contributed by atoms with van der Waals surface area (Å²) in [4.78, 5) is 25.3. The number of benzene rings is 1. The molecule has 0 heterocycles. The van der Waals surface area contributed by atoms with Gasteiger partial charge in [0.05, 0.1) is 29.7 Å². The van der Waals surface area contributed by atoms with Crippen LogP contribution in [0.2, 0.25) is 10.0 Å². The largest absolute Gasteiger partial charge is 0.466 e. The summed E-state index contributed by atoms with van der Waals surface area (Å²) in [6.07, 6.45) is 1.44. The molecule has 27 heavy (non-hydrogen) atoms. The van der Waals surface area contributed by atoms with Gasteiger partial charge in [-0.2, -0.15) is 0 Å². The molecule has 0 aromatic heterocycles. The molecule has 0 bridgehead atoms. The zero-order valence-corrected chi connectivity index (χ0v) is 18.6. The summed E-state index contributed by atoms with van der Waals surface area (Å²) >= 11 is 13.5. The molecule has 1 aromatic rings. The Bertz CT molecular complexity index is 600. The van der Waals surface area contributed by atoms with Gasteiger partial charge in [-0.05, 0) is 36.8 Å². The van der Waals surface area contributed by atoms with Crippen LogP contribution >= 0.6 is 35.0 Å². The number of hydrogen-bond acceptors (Lipinski definition) is 5. The molecule has 1 atom stereocenters. The maximum Gasteiger partial charge on any atom is 0.320 e. The molecule has 0 saturated heterocycles. The van der Waals surface area contributed by atoms with Gasteiger partial charge in [0, 0.05) is 4.90 Å². The van der Waals surface area contributed by atoms with Crippen LogP contribution in [0.3, 0.4) is 0 Å². The second-order valence-corrected chi connectivity index (χ2v) is 9.14. The number of hydrogen-bond donors (Lipinski definition) is 0. The quantitative estimate of drug-likeness (QED) is 0.314. The van der Waals surface area contributed by atoms with Crippen molar-refractivity contribution in [2.45, 2.75) is 57.1 Å². The molecule has 152 valence electrons. The summed E-state index contributed by atoms with van der Waals surface area (Å²) < 4.78 is 10.6. The molecule has 0 fully saturated rings. The highest BCUT2D eigenvalue weighted by Crippen LogP contribution is 2.37. The van der Waals surface area contributed by atoms with E-state index in [9.17, 15) is 9.59 Å². The summed E-state index contributed by atoms with van der Waals surface area (Å²) in [7, 11) is 0. The lowest BCUT2D eigenvalue weighted by Gasteiger charge is -2.17. The fourth-order valence-corrected chi connectivity index (χ4v) is 3.71. The van der Waals surface area contributed by atoms with Crippen molar-refractivity contribution in [3.63, 3.8) is 0 Å². The minimum Gasteiger partial charge on any atom is -0.466 e. The third-order valence-electron chi connectivity index (χ3n) is 3.69. The van der Waals surface area contributed by atoms with Crippen LogP contribution in [0.5, 0.6) is 0 Å². The normalized spacial score (nSPS) is 12.3. The molecule has 7 heteroatoms. The van der Waals surface area contributed by atoms with E-state index in [-0.39, 0.29) is 6.42 Å². The molecule has 0 spiro atoms. The highest BCUT2D eigenvalue weighted by molar-refractivity contribution is 8.00. The molecule has 0 aliphatic heterocycles. The van der Waals surface area contributed by atoms with Crippen LogP contribution in [0.25, 0.3) is 0 Å². The molecule has 0 aliphatic rings. The number of rotatable bonds is 11. The van der Waals surface area contributed by atoms with Crippen molar-refractivity contribution in [3.05, 3.63) is 28.2 Å². The van der Waals surface area contributed by atoms with Crippen LogP contribution in [0, 0.1) is 11.8 Å². The number of carbonyl (C=O) groups is 2. The number of ether oxygens (including phenoxy) is 2.